The number of fused-ring (bicyclic) bond motifs is 4. The summed E-state index contributed by atoms with van der Waals surface area (Å²) < 4.78 is 29.5. The molecule has 0 saturated heterocycles. The lowest BCUT2D eigenvalue weighted by molar-refractivity contribution is 0.425. The lowest BCUT2D eigenvalue weighted by Gasteiger charge is -2.37. The zero-order chi connectivity index (χ0) is 22.4. The van der Waals surface area contributed by atoms with E-state index in [0.29, 0.717) is 11.6 Å². The molecule has 2 unspecified atom stereocenters. The topological polar surface area (TPSA) is 58.2 Å². The van der Waals surface area contributed by atoms with Crippen LogP contribution in [-0.4, -0.2) is 8.42 Å². The van der Waals surface area contributed by atoms with Gasteiger partial charge in [0, 0.05) is 17.0 Å². The van der Waals surface area contributed by atoms with E-state index in [-0.39, 0.29) is 16.9 Å². The van der Waals surface area contributed by atoms with Crippen LogP contribution in [0.25, 0.3) is 10.8 Å². The van der Waals surface area contributed by atoms with E-state index in [1.54, 1.807) is 12.1 Å². The van der Waals surface area contributed by atoms with Crippen molar-refractivity contribution in [3.63, 3.8) is 0 Å². The summed E-state index contributed by atoms with van der Waals surface area (Å²) in [5.74, 6) is 0.558. The molecule has 0 amide bonds. The van der Waals surface area contributed by atoms with Gasteiger partial charge in [0.2, 0.25) is 0 Å². The number of anilines is 2. The predicted molar refractivity (Wildman–Crippen MR) is 134 cm³/mol. The second kappa shape index (κ2) is 7.78. The molecule has 164 valence electrons. The van der Waals surface area contributed by atoms with E-state index >= 15 is 0 Å². The normalized spacial score (nSPS) is 21.3. The van der Waals surface area contributed by atoms with Crippen LogP contribution in [0.5, 0.6) is 0 Å². The summed E-state index contributed by atoms with van der Waals surface area (Å²) in [6.07, 6.45) is 5.42. The Morgan fingerprint density at radius 1 is 0.848 bits per heavy atom. The number of hydrogen-bond acceptors (Lipinski definition) is 3. The summed E-state index contributed by atoms with van der Waals surface area (Å²) in [4.78, 5) is 0.285. The minimum absolute atomic E-state index is 0.194. The Bertz CT molecular complexity index is 1470. The fraction of sp³-hybridized carbons (Fsp3) is 0.143. The Morgan fingerprint density at radius 3 is 2.52 bits per heavy atom. The Kier molecular flexibility index (Phi) is 4.73. The molecule has 0 radical (unpaired) electrons. The molecule has 33 heavy (non-hydrogen) atoms. The number of nitrogens with one attached hydrogen (secondary N) is 2. The molecule has 0 saturated carbocycles. The highest BCUT2D eigenvalue weighted by atomic mass is 32.2. The highest BCUT2D eigenvalue weighted by Gasteiger charge is 2.38. The molecular weight excluding hydrogens is 428 g/mol. The van der Waals surface area contributed by atoms with Crippen LogP contribution in [0.4, 0.5) is 11.4 Å². The maximum atomic E-state index is 13.4. The maximum absolute atomic E-state index is 13.4. The smallest absolute Gasteiger partial charge is 0.261 e. The van der Waals surface area contributed by atoms with Gasteiger partial charge in [-0.05, 0) is 53.1 Å². The highest BCUT2D eigenvalue weighted by molar-refractivity contribution is 7.92. The molecule has 6 rings (SSSR count). The van der Waals surface area contributed by atoms with Crippen molar-refractivity contribution in [2.45, 2.75) is 23.3 Å². The molecule has 1 aliphatic carbocycles. The third kappa shape index (κ3) is 3.49. The number of sulfonamides is 1. The first kappa shape index (κ1) is 20.1. The maximum Gasteiger partial charge on any atom is 0.261 e. The van der Waals surface area contributed by atoms with Crippen LogP contribution in [-0.2, 0) is 10.0 Å². The molecule has 0 fully saturated rings. The zero-order valence-electron chi connectivity index (χ0n) is 18.0. The van der Waals surface area contributed by atoms with Gasteiger partial charge in [-0.1, -0.05) is 78.9 Å². The monoisotopic (exact) mass is 452 g/mol. The lowest BCUT2D eigenvalue weighted by atomic mass is 9.77. The van der Waals surface area contributed by atoms with Crippen LogP contribution >= 0.6 is 0 Å². The van der Waals surface area contributed by atoms with E-state index in [2.05, 4.69) is 46.5 Å². The van der Waals surface area contributed by atoms with Gasteiger partial charge in [0.1, 0.15) is 0 Å². The van der Waals surface area contributed by atoms with E-state index in [9.17, 15) is 8.42 Å². The molecule has 5 heteroatoms. The zero-order valence-corrected chi connectivity index (χ0v) is 18.8. The average molecular weight is 453 g/mol. The number of rotatable bonds is 4. The van der Waals surface area contributed by atoms with Crippen LogP contribution in [0.2, 0.25) is 0 Å². The second-order valence-corrected chi connectivity index (χ2v) is 10.4. The number of benzene rings is 4. The van der Waals surface area contributed by atoms with Gasteiger partial charge in [-0.3, -0.25) is 4.72 Å². The average Bonchev–Trinajstić information content (AvgIpc) is 3.34. The van der Waals surface area contributed by atoms with E-state index < -0.39 is 10.0 Å². The molecule has 3 atom stereocenters. The van der Waals surface area contributed by atoms with Gasteiger partial charge in [0.25, 0.3) is 10.0 Å². The van der Waals surface area contributed by atoms with Crippen molar-refractivity contribution in [3.05, 3.63) is 114 Å². The lowest BCUT2D eigenvalue weighted by Crippen LogP contribution is -2.29. The molecular formula is C28H24N2O2S. The van der Waals surface area contributed by atoms with Gasteiger partial charge >= 0.3 is 0 Å². The van der Waals surface area contributed by atoms with Crippen molar-refractivity contribution in [1.82, 2.24) is 0 Å². The standard InChI is InChI=1S/C28H24N2O2S/c31-33(32,30-27-15-6-11-19-8-4-5-12-22(19)27)21-16-17-26-25(18-21)23-13-7-14-24(23)28(29-26)20-9-2-1-3-10-20/h1-13,15-18,23-24,28-30H,14H2/t23?,24?,28-/m0/s1. The molecule has 0 aromatic heterocycles. The molecule has 2 aliphatic rings. The van der Waals surface area contributed by atoms with Gasteiger partial charge in [-0.25, -0.2) is 8.42 Å². The molecule has 1 heterocycles. The number of allylic oxidation sites excluding steroid dienone is 2. The van der Waals surface area contributed by atoms with Gasteiger partial charge in [-0.2, -0.15) is 0 Å². The summed E-state index contributed by atoms with van der Waals surface area (Å²) in [6.45, 7) is 0. The Labute approximate surface area is 194 Å². The first-order valence-electron chi connectivity index (χ1n) is 11.2. The van der Waals surface area contributed by atoms with E-state index in [4.69, 9.17) is 0 Å². The van der Waals surface area contributed by atoms with Crippen molar-refractivity contribution in [2.24, 2.45) is 5.92 Å². The van der Waals surface area contributed by atoms with Crippen molar-refractivity contribution < 1.29 is 8.42 Å². The van der Waals surface area contributed by atoms with Gasteiger partial charge in [0.15, 0.2) is 0 Å². The Balaban J connectivity index is 1.37. The minimum atomic E-state index is -3.73. The summed E-state index contributed by atoms with van der Waals surface area (Å²) >= 11 is 0. The highest BCUT2D eigenvalue weighted by Crippen LogP contribution is 2.50. The molecule has 4 aromatic rings. The minimum Gasteiger partial charge on any atom is -0.378 e. The Morgan fingerprint density at radius 2 is 1.64 bits per heavy atom. The number of hydrogen-bond donors (Lipinski definition) is 2. The van der Waals surface area contributed by atoms with Crippen LogP contribution in [0, 0.1) is 5.92 Å². The summed E-state index contributed by atoms with van der Waals surface area (Å²) in [7, 11) is -3.73. The largest absolute Gasteiger partial charge is 0.378 e. The Hall–Kier alpha value is -3.57. The summed E-state index contributed by atoms with van der Waals surface area (Å²) in [6, 6.07) is 29.6. The molecule has 0 spiro atoms. The van der Waals surface area contributed by atoms with Crippen molar-refractivity contribution >= 4 is 32.2 Å². The van der Waals surface area contributed by atoms with Crippen LogP contribution in [0.3, 0.4) is 0 Å². The second-order valence-electron chi connectivity index (χ2n) is 8.77. The van der Waals surface area contributed by atoms with E-state index in [1.807, 2.05) is 54.6 Å². The van der Waals surface area contributed by atoms with Crippen molar-refractivity contribution in [2.75, 3.05) is 10.0 Å². The fourth-order valence-corrected chi connectivity index (χ4v) is 6.36. The molecule has 0 bridgehead atoms. The predicted octanol–water partition coefficient (Wildman–Crippen LogP) is 6.47. The molecule has 1 aliphatic heterocycles. The molecule has 4 nitrogen and oxygen atoms in total. The third-order valence-electron chi connectivity index (χ3n) is 6.84. The van der Waals surface area contributed by atoms with E-state index in [1.165, 1.54) is 5.56 Å². The van der Waals surface area contributed by atoms with Gasteiger partial charge < -0.3 is 5.32 Å². The quantitative estimate of drug-likeness (QED) is 0.349. The molecule has 4 aromatic carbocycles. The SMILES string of the molecule is O=S(=O)(Nc1cccc2ccccc12)c1ccc2c(c1)C1C=CCC1[C@H](c1ccccc1)N2. The molecule has 2 N–H and O–H groups in total. The van der Waals surface area contributed by atoms with Gasteiger partial charge in [0.05, 0.1) is 16.6 Å². The van der Waals surface area contributed by atoms with Crippen molar-refractivity contribution in [1.29, 1.82) is 0 Å². The first-order valence-corrected chi connectivity index (χ1v) is 12.7. The van der Waals surface area contributed by atoms with E-state index in [0.717, 1.165) is 28.4 Å². The van der Waals surface area contributed by atoms with Gasteiger partial charge in [-0.15, -0.1) is 0 Å². The summed E-state index contributed by atoms with van der Waals surface area (Å²) in [5, 5.41) is 5.56. The fourth-order valence-electron chi connectivity index (χ4n) is 5.25. The third-order valence-corrected chi connectivity index (χ3v) is 8.20. The van der Waals surface area contributed by atoms with Crippen LogP contribution in [0.1, 0.15) is 29.5 Å². The van der Waals surface area contributed by atoms with Crippen molar-refractivity contribution in [3.8, 4) is 0 Å². The first-order chi connectivity index (χ1) is 16.1. The van der Waals surface area contributed by atoms with Crippen LogP contribution < -0.4 is 10.0 Å². The van der Waals surface area contributed by atoms with Crippen LogP contribution in [0.15, 0.2) is 108 Å². The summed E-state index contributed by atoms with van der Waals surface area (Å²) in [5.41, 5.74) is 3.89.